The third-order valence-electron chi connectivity index (χ3n) is 4.38. The Bertz CT molecular complexity index is 865. The van der Waals surface area contributed by atoms with Gasteiger partial charge in [-0.05, 0) is 57.4 Å². The highest BCUT2D eigenvalue weighted by Crippen LogP contribution is 2.12. The first kappa shape index (κ1) is 18.0. The van der Waals surface area contributed by atoms with Gasteiger partial charge >= 0.3 is 0 Å². The second-order valence-corrected chi connectivity index (χ2v) is 6.75. The Labute approximate surface area is 154 Å². The van der Waals surface area contributed by atoms with Crippen LogP contribution in [0.25, 0.3) is 0 Å². The fourth-order valence-electron chi connectivity index (χ4n) is 2.96. The van der Waals surface area contributed by atoms with Crippen LogP contribution in [0.2, 0.25) is 0 Å². The van der Waals surface area contributed by atoms with Gasteiger partial charge in [-0.1, -0.05) is 30.3 Å². The molecule has 136 valence electrons. The number of furan rings is 1. The van der Waals surface area contributed by atoms with E-state index >= 15 is 0 Å². The maximum Gasteiger partial charge on any atom is 0.287 e. The first-order chi connectivity index (χ1) is 12.5. The maximum absolute atomic E-state index is 12.4. The van der Waals surface area contributed by atoms with Crippen molar-refractivity contribution in [2.24, 2.45) is 0 Å². The predicted molar refractivity (Wildman–Crippen MR) is 101 cm³/mol. The van der Waals surface area contributed by atoms with Crippen molar-refractivity contribution in [2.75, 3.05) is 0 Å². The zero-order chi connectivity index (χ0) is 18.5. The minimum absolute atomic E-state index is 0.0762. The molecule has 0 fully saturated rings. The Morgan fingerprint density at radius 2 is 1.96 bits per heavy atom. The van der Waals surface area contributed by atoms with Gasteiger partial charge < -0.3 is 9.73 Å². The number of aryl methyl sites for hydroxylation is 3. The molecule has 26 heavy (non-hydrogen) atoms. The quantitative estimate of drug-likeness (QED) is 0.702. The van der Waals surface area contributed by atoms with Gasteiger partial charge in [0.1, 0.15) is 5.76 Å². The molecule has 1 amide bonds. The van der Waals surface area contributed by atoms with Crippen LogP contribution in [0.1, 0.15) is 46.6 Å². The predicted octanol–water partition coefficient (Wildman–Crippen LogP) is 3.89. The summed E-state index contributed by atoms with van der Waals surface area (Å²) in [6.07, 6.45) is 1.82. The molecule has 0 saturated heterocycles. The van der Waals surface area contributed by atoms with Gasteiger partial charge in [0.2, 0.25) is 0 Å². The summed E-state index contributed by atoms with van der Waals surface area (Å²) in [7, 11) is 0. The summed E-state index contributed by atoms with van der Waals surface area (Å²) >= 11 is 0. The second-order valence-electron chi connectivity index (χ2n) is 6.75. The molecule has 0 spiro atoms. The largest absolute Gasteiger partial charge is 0.454 e. The summed E-state index contributed by atoms with van der Waals surface area (Å²) in [5.41, 5.74) is 3.32. The number of aromatic nitrogens is 2. The normalized spacial score (nSPS) is 12.1. The molecule has 0 aliphatic carbocycles. The zero-order valence-electron chi connectivity index (χ0n) is 15.5. The topological polar surface area (TPSA) is 60.1 Å². The molecule has 0 aliphatic rings. The number of rotatable bonds is 7. The van der Waals surface area contributed by atoms with Gasteiger partial charge in [-0.3, -0.25) is 9.48 Å². The number of amides is 1. The van der Waals surface area contributed by atoms with Gasteiger partial charge in [-0.25, -0.2) is 0 Å². The third-order valence-corrected chi connectivity index (χ3v) is 4.38. The van der Waals surface area contributed by atoms with Crippen molar-refractivity contribution in [3.05, 3.63) is 77.0 Å². The van der Waals surface area contributed by atoms with Crippen LogP contribution in [-0.2, 0) is 13.0 Å². The minimum atomic E-state index is -0.176. The lowest BCUT2D eigenvalue weighted by Gasteiger charge is -2.12. The van der Waals surface area contributed by atoms with Crippen LogP contribution in [0.4, 0.5) is 0 Å². The monoisotopic (exact) mass is 351 g/mol. The number of hydrogen-bond donors (Lipinski definition) is 1. The molecule has 3 rings (SSSR count). The lowest BCUT2D eigenvalue weighted by Crippen LogP contribution is -2.32. The summed E-state index contributed by atoms with van der Waals surface area (Å²) in [5, 5.41) is 7.42. The highest BCUT2D eigenvalue weighted by Gasteiger charge is 2.15. The summed E-state index contributed by atoms with van der Waals surface area (Å²) < 4.78 is 7.58. The Hall–Kier alpha value is -2.82. The van der Waals surface area contributed by atoms with Crippen LogP contribution in [0.5, 0.6) is 0 Å². The lowest BCUT2D eigenvalue weighted by molar-refractivity contribution is 0.0908. The standard InChI is InChI=1S/C21H25N3O2/c1-15(9-10-18-7-5-4-6-8-18)22-21(25)20-12-11-19(26-20)14-24-17(3)13-16(2)23-24/h4-8,11-13,15H,9-10,14H2,1-3H3,(H,22,25). The van der Waals surface area contributed by atoms with Crippen LogP contribution in [0.3, 0.4) is 0 Å². The number of carbonyl (C=O) groups excluding carboxylic acids is 1. The first-order valence-electron chi connectivity index (χ1n) is 8.96. The van der Waals surface area contributed by atoms with Crippen molar-refractivity contribution < 1.29 is 9.21 Å². The van der Waals surface area contributed by atoms with E-state index in [9.17, 15) is 4.79 Å². The smallest absolute Gasteiger partial charge is 0.287 e. The molecule has 2 aromatic heterocycles. The van der Waals surface area contributed by atoms with Gasteiger partial charge in [0, 0.05) is 11.7 Å². The van der Waals surface area contributed by atoms with E-state index in [1.54, 1.807) is 6.07 Å². The van der Waals surface area contributed by atoms with Crippen LogP contribution >= 0.6 is 0 Å². The van der Waals surface area contributed by atoms with Crippen LogP contribution in [0, 0.1) is 13.8 Å². The van der Waals surface area contributed by atoms with Crippen molar-refractivity contribution in [2.45, 2.75) is 46.2 Å². The molecule has 0 bridgehead atoms. The summed E-state index contributed by atoms with van der Waals surface area (Å²) in [4.78, 5) is 12.4. The number of benzene rings is 1. The van der Waals surface area contributed by atoms with E-state index < -0.39 is 0 Å². The van der Waals surface area contributed by atoms with E-state index in [0.717, 1.165) is 30.0 Å². The first-order valence-corrected chi connectivity index (χ1v) is 8.96. The Morgan fingerprint density at radius 1 is 1.19 bits per heavy atom. The fourth-order valence-corrected chi connectivity index (χ4v) is 2.96. The van der Waals surface area contributed by atoms with Gasteiger partial charge in [0.15, 0.2) is 5.76 Å². The summed E-state index contributed by atoms with van der Waals surface area (Å²) in [6, 6.07) is 15.9. The number of carbonyl (C=O) groups is 1. The Kier molecular flexibility index (Phi) is 5.56. The second kappa shape index (κ2) is 8.04. The molecule has 3 aromatic rings. The van der Waals surface area contributed by atoms with Gasteiger partial charge in [-0.15, -0.1) is 0 Å². The summed E-state index contributed by atoms with van der Waals surface area (Å²) in [6.45, 7) is 6.50. The molecule has 2 heterocycles. The molecule has 1 aromatic carbocycles. The van der Waals surface area contributed by atoms with Crippen LogP contribution in [-0.4, -0.2) is 21.7 Å². The molecule has 1 unspecified atom stereocenters. The zero-order valence-corrected chi connectivity index (χ0v) is 15.5. The number of nitrogens with one attached hydrogen (secondary N) is 1. The van der Waals surface area contributed by atoms with E-state index in [4.69, 9.17) is 4.42 Å². The molecule has 1 atom stereocenters. The highest BCUT2D eigenvalue weighted by molar-refractivity contribution is 5.91. The van der Waals surface area contributed by atoms with E-state index in [1.807, 2.05) is 55.8 Å². The number of hydrogen-bond acceptors (Lipinski definition) is 3. The highest BCUT2D eigenvalue weighted by atomic mass is 16.4. The van der Waals surface area contributed by atoms with Crippen LogP contribution < -0.4 is 5.32 Å². The minimum Gasteiger partial charge on any atom is -0.454 e. The maximum atomic E-state index is 12.4. The molecule has 5 nitrogen and oxygen atoms in total. The van der Waals surface area contributed by atoms with E-state index in [1.165, 1.54) is 5.56 Å². The third kappa shape index (κ3) is 4.63. The average Bonchev–Trinajstić information content (AvgIpc) is 3.21. The Morgan fingerprint density at radius 3 is 2.65 bits per heavy atom. The molecule has 0 saturated carbocycles. The van der Waals surface area contributed by atoms with Crippen molar-refractivity contribution >= 4 is 5.91 Å². The molecule has 0 radical (unpaired) electrons. The van der Waals surface area contributed by atoms with E-state index in [-0.39, 0.29) is 11.9 Å². The van der Waals surface area contributed by atoms with Gasteiger partial charge in [0.05, 0.1) is 12.2 Å². The van der Waals surface area contributed by atoms with Crippen LogP contribution in [0.15, 0.2) is 52.9 Å². The fraction of sp³-hybridized carbons (Fsp3) is 0.333. The molecule has 1 N–H and O–H groups in total. The van der Waals surface area contributed by atoms with Crippen molar-refractivity contribution in [3.63, 3.8) is 0 Å². The van der Waals surface area contributed by atoms with E-state index in [0.29, 0.717) is 12.3 Å². The molecule has 5 heteroatoms. The Balaban J connectivity index is 1.53. The van der Waals surface area contributed by atoms with Crippen molar-refractivity contribution in [1.29, 1.82) is 0 Å². The lowest BCUT2D eigenvalue weighted by atomic mass is 10.1. The molecular formula is C21H25N3O2. The van der Waals surface area contributed by atoms with E-state index in [2.05, 4.69) is 22.5 Å². The SMILES string of the molecule is Cc1cc(C)n(Cc2ccc(C(=O)NC(C)CCc3ccccc3)o2)n1. The van der Waals surface area contributed by atoms with Crippen molar-refractivity contribution in [3.8, 4) is 0 Å². The summed E-state index contributed by atoms with van der Waals surface area (Å²) in [5.74, 6) is 0.886. The molecule has 0 aliphatic heterocycles. The van der Waals surface area contributed by atoms with Crippen molar-refractivity contribution in [1.82, 2.24) is 15.1 Å². The number of nitrogens with zero attached hydrogens (tertiary/aromatic N) is 2. The van der Waals surface area contributed by atoms with Gasteiger partial charge in [0.25, 0.3) is 5.91 Å². The van der Waals surface area contributed by atoms with Gasteiger partial charge in [-0.2, -0.15) is 5.10 Å². The molecular weight excluding hydrogens is 326 g/mol. The average molecular weight is 351 g/mol.